The van der Waals surface area contributed by atoms with Gasteiger partial charge in [0.05, 0.1) is 12.1 Å². The van der Waals surface area contributed by atoms with E-state index in [1.54, 1.807) is 12.1 Å². The summed E-state index contributed by atoms with van der Waals surface area (Å²) in [7, 11) is 0. The van der Waals surface area contributed by atoms with Gasteiger partial charge in [-0.15, -0.1) is 11.3 Å². The number of nitrogens with zero attached hydrogens (tertiary/aromatic N) is 1. The van der Waals surface area contributed by atoms with Crippen molar-refractivity contribution in [2.75, 3.05) is 5.32 Å². The highest BCUT2D eigenvalue weighted by Gasteiger charge is 2.08. The molecule has 0 aliphatic rings. The van der Waals surface area contributed by atoms with Gasteiger partial charge < -0.3 is 10.4 Å². The fourth-order valence-corrected chi connectivity index (χ4v) is 2.82. The van der Waals surface area contributed by atoms with Crippen molar-refractivity contribution in [2.24, 2.45) is 0 Å². The number of hydrogen-bond donors (Lipinski definition) is 2. The third-order valence-electron chi connectivity index (χ3n) is 2.97. The molecule has 0 bridgehead atoms. The smallest absolute Gasteiger partial charge is 0.303 e. The minimum absolute atomic E-state index is 0.0916. The van der Waals surface area contributed by atoms with Crippen molar-refractivity contribution in [1.29, 1.82) is 0 Å². The van der Waals surface area contributed by atoms with Gasteiger partial charge in [-0.1, -0.05) is 12.1 Å². The summed E-state index contributed by atoms with van der Waals surface area (Å²) in [6.07, 6.45) is 1.30. The molecular formula is C15H17FN2O2S. The van der Waals surface area contributed by atoms with Crippen LogP contribution in [0, 0.1) is 5.82 Å². The zero-order valence-corrected chi connectivity index (χ0v) is 12.5. The van der Waals surface area contributed by atoms with Gasteiger partial charge in [0.1, 0.15) is 5.82 Å². The molecule has 21 heavy (non-hydrogen) atoms. The van der Waals surface area contributed by atoms with Crippen LogP contribution < -0.4 is 5.32 Å². The lowest BCUT2D eigenvalue weighted by Gasteiger charge is -2.12. The lowest BCUT2D eigenvalue weighted by molar-refractivity contribution is -0.136. The van der Waals surface area contributed by atoms with Gasteiger partial charge in [-0.05, 0) is 31.0 Å². The molecule has 1 aromatic carbocycles. The molecule has 6 heteroatoms. The van der Waals surface area contributed by atoms with Crippen LogP contribution in [0.25, 0.3) is 0 Å². The third-order valence-corrected chi connectivity index (χ3v) is 3.79. The summed E-state index contributed by atoms with van der Waals surface area (Å²) < 4.78 is 12.8. The van der Waals surface area contributed by atoms with E-state index in [0.717, 1.165) is 22.8 Å². The van der Waals surface area contributed by atoms with Crippen LogP contribution in [0.3, 0.4) is 0 Å². The lowest BCUT2D eigenvalue weighted by Crippen LogP contribution is -2.18. The van der Waals surface area contributed by atoms with Crippen LogP contribution in [-0.4, -0.2) is 22.1 Å². The molecule has 0 amide bonds. The second-order valence-corrected chi connectivity index (χ2v) is 5.77. The Bertz CT molecular complexity index is 598. The predicted molar refractivity (Wildman–Crippen MR) is 81.3 cm³/mol. The molecule has 1 aromatic heterocycles. The average Bonchev–Trinajstić information content (AvgIpc) is 2.86. The molecule has 0 aliphatic heterocycles. The number of benzene rings is 1. The van der Waals surface area contributed by atoms with Gasteiger partial charge in [-0.25, -0.2) is 9.37 Å². The summed E-state index contributed by atoms with van der Waals surface area (Å²) in [5.74, 6) is -1.05. The number of thiazole rings is 1. The number of carbonyl (C=O) groups is 1. The summed E-state index contributed by atoms with van der Waals surface area (Å²) in [6.45, 7) is 2.03. The summed E-state index contributed by atoms with van der Waals surface area (Å²) in [6, 6.07) is 6.61. The third kappa shape index (κ3) is 5.15. The Labute approximate surface area is 126 Å². The molecule has 2 rings (SSSR count). The van der Waals surface area contributed by atoms with Crippen LogP contribution in [0.4, 0.5) is 9.52 Å². The Hall–Kier alpha value is -1.95. The topological polar surface area (TPSA) is 62.2 Å². The number of carboxylic acids is 1. The molecule has 0 fully saturated rings. The normalized spacial score (nSPS) is 12.1. The fraction of sp³-hybridized carbons (Fsp3) is 0.333. The molecule has 0 radical (unpaired) electrons. The van der Waals surface area contributed by atoms with E-state index in [1.165, 1.54) is 23.5 Å². The Morgan fingerprint density at radius 2 is 2.14 bits per heavy atom. The molecule has 0 saturated heterocycles. The van der Waals surface area contributed by atoms with Crippen LogP contribution in [0.5, 0.6) is 0 Å². The molecule has 1 atom stereocenters. The molecular weight excluding hydrogens is 291 g/mol. The van der Waals surface area contributed by atoms with Crippen LogP contribution in [0.15, 0.2) is 29.6 Å². The highest BCUT2D eigenvalue weighted by atomic mass is 32.1. The SMILES string of the molecule is CC(Cc1ccc(F)cc1)Nc1nc(CCC(=O)O)cs1. The number of aromatic nitrogens is 1. The van der Waals surface area contributed by atoms with E-state index in [-0.39, 0.29) is 18.3 Å². The van der Waals surface area contributed by atoms with E-state index in [1.807, 2.05) is 12.3 Å². The highest BCUT2D eigenvalue weighted by Crippen LogP contribution is 2.18. The zero-order valence-electron chi connectivity index (χ0n) is 11.7. The Balaban J connectivity index is 1.86. The maximum absolute atomic E-state index is 12.8. The summed E-state index contributed by atoms with van der Waals surface area (Å²) in [4.78, 5) is 14.9. The van der Waals surface area contributed by atoms with E-state index >= 15 is 0 Å². The van der Waals surface area contributed by atoms with Crippen LogP contribution in [0.2, 0.25) is 0 Å². The quantitative estimate of drug-likeness (QED) is 0.823. The van der Waals surface area contributed by atoms with E-state index in [4.69, 9.17) is 5.11 Å². The molecule has 0 saturated carbocycles. The Morgan fingerprint density at radius 1 is 1.43 bits per heavy atom. The molecule has 0 aliphatic carbocycles. The molecule has 2 N–H and O–H groups in total. The number of aryl methyl sites for hydroxylation is 1. The van der Waals surface area contributed by atoms with Gasteiger partial charge >= 0.3 is 5.97 Å². The Kier molecular flexibility index (Phi) is 5.27. The van der Waals surface area contributed by atoms with Crippen molar-refractivity contribution in [3.63, 3.8) is 0 Å². The van der Waals surface area contributed by atoms with Crippen molar-refractivity contribution in [3.05, 3.63) is 46.7 Å². The first-order chi connectivity index (χ1) is 10.0. The maximum Gasteiger partial charge on any atom is 0.303 e. The standard InChI is InChI=1S/C15H17FN2O2S/c1-10(8-11-2-4-12(16)5-3-11)17-15-18-13(9-21-15)6-7-14(19)20/h2-5,9-10H,6-8H2,1H3,(H,17,18)(H,19,20). The van der Waals surface area contributed by atoms with Crippen molar-refractivity contribution >= 4 is 22.4 Å². The van der Waals surface area contributed by atoms with E-state index < -0.39 is 5.97 Å². The first-order valence-corrected chi connectivity index (χ1v) is 7.58. The van der Waals surface area contributed by atoms with Gasteiger partial charge in [0.2, 0.25) is 0 Å². The average molecular weight is 308 g/mol. The van der Waals surface area contributed by atoms with Crippen molar-refractivity contribution in [1.82, 2.24) is 4.98 Å². The number of hydrogen-bond acceptors (Lipinski definition) is 4. The van der Waals surface area contributed by atoms with E-state index in [9.17, 15) is 9.18 Å². The first-order valence-electron chi connectivity index (χ1n) is 6.70. The number of halogens is 1. The molecule has 1 heterocycles. The van der Waals surface area contributed by atoms with Gasteiger partial charge in [-0.3, -0.25) is 4.79 Å². The number of rotatable bonds is 7. The fourth-order valence-electron chi connectivity index (χ4n) is 1.96. The number of nitrogens with one attached hydrogen (secondary N) is 1. The maximum atomic E-state index is 12.8. The monoisotopic (exact) mass is 308 g/mol. The molecule has 112 valence electrons. The van der Waals surface area contributed by atoms with Crippen LogP contribution >= 0.6 is 11.3 Å². The van der Waals surface area contributed by atoms with Gasteiger partial charge in [0.15, 0.2) is 5.13 Å². The predicted octanol–water partition coefficient (Wildman–Crippen LogP) is 3.34. The lowest BCUT2D eigenvalue weighted by atomic mass is 10.1. The number of aliphatic carboxylic acids is 1. The molecule has 2 aromatic rings. The molecule has 1 unspecified atom stereocenters. The number of anilines is 1. The second-order valence-electron chi connectivity index (χ2n) is 4.91. The second kappa shape index (κ2) is 7.17. The van der Waals surface area contributed by atoms with E-state index in [0.29, 0.717) is 6.42 Å². The van der Waals surface area contributed by atoms with E-state index in [2.05, 4.69) is 10.3 Å². The first kappa shape index (κ1) is 15.4. The largest absolute Gasteiger partial charge is 0.481 e. The Morgan fingerprint density at radius 3 is 2.81 bits per heavy atom. The minimum Gasteiger partial charge on any atom is -0.481 e. The van der Waals surface area contributed by atoms with Crippen LogP contribution in [-0.2, 0) is 17.6 Å². The molecule has 0 spiro atoms. The molecule has 4 nitrogen and oxygen atoms in total. The minimum atomic E-state index is -0.817. The van der Waals surface area contributed by atoms with Crippen molar-refractivity contribution in [2.45, 2.75) is 32.2 Å². The van der Waals surface area contributed by atoms with Gasteiger partial charge in [-0.2, -0.15) is 0 Å². The van der Waals surface area contributed by atoms with Crippen LogP contribution in [0.1, 0.15) is 24.6 Å². The van der Waals surface area contributed by atoms with Crippen molar-refractivity contribution < 1.29 is 14.3 Å². The van der Waals surface area contributed by atoms with Gasteiger partial charge in [0.25, 0.3) is 0 Å². The van der Waals surface area contributed by atoms with Crippen molar-refractivity contribution in [3.8, 4) is 0 Å². The summed E-state index contributed by atoms with van der Waals surface area (Å²) in [5.41, 5.74) is 1.85. The summed E-state index contributed by atoms with van der Waals surface area (Å²) in [5, 5.41) is 14.6. The zero-order chi connectivity index (χ0) is 15.2. The number of carboxylic acid groups (broad SMARTS) is 1. The highest BCUT2D eigenvalue weighted by molar-refractivity contribution is 7.13. The van der Waals surface area contributed by atoms with Gasteiger partial charge in [0, 0.05) is 17.8 Å². The summed E-state index contributed by atoms with van der Waals surface area (Å²) >= 11 is 1.47.